The molecule has 0 fully saturated rings. The summed E-state index contributed by atoms with van der Waals surface area (Å²) in [6, 6.07) is 14.0. The highest BCUT2D eigenvalue weighted by Crippen LogP contribution is 2.42. The second-order valence-corrected chi connectivity index (χ2v) is 17.3. The normalized spacial score (nSPS) is 12.3. The molecule has 0 saturated carbocycles. The lowest BCUT2D eigenvalue weighted by Crippen LogP contribution is -2.37. The van der Waals surface area contributed by atoms with Crippen molar-refractivity contribution in [1.82, 2.24) is 45.6 Å². The van der Waals surface area contributed by atoms with Crippen molar-refractivity contribution in [2.45, 2.75) is 84.2 Å². The standard InChI is InChI=1S/C49H56Cl2N10O6/c1-2-33-35(27-57-48(52)44(33)30-11-14-32(63)15-12-30)31-13-16-40(56-26-31)49(67)55-20-19-53-41(64)9-7-5-3-4-6-8-10-42(65)54-21-24-61-23-18-39(59-61)34-25-37(50)46(51)47-45(34)36-28-60(43(66)29-62)22-17-38(36)58-47/h11-16,18,23,25-27,58,62-63H,2-10,17,19-22,24,28-29H2,1H3,(H2,52,57)(H,53,64)(H,54,65)(H,55,67). The minimum Gasteiger partial charge on any atom is -0.508 e. The van der Waals surface area contributed by atoms with E-state index in [1.807, 2.05) is 25.3 Å². The highest BCUT2D eigenvalue weighted by atomic mass is 35.5. The number of aromatic nitrogens is 5. The fourth-order valence-corrected chi connectivity index (χ4v) is 8.94. The molecular formula is C49H56Cl2N10O6. The van der Waals surface area contributed by atoms with Crippen LogP contribution in [0.15, 0.2) is 67.1 Å². The smallest absolute Gasteiger partial charge is 0.269 e. The SMILES string of the molecule is CCc1c(-c2ccc(C(=O)NCCNC(=O)CCCCCCCCC(=O)NCCn3ccc(-c4cc(Cl)c(Cl)c5[nH]c6c(c45)CN(C(=O)CO)CC6)n3)nc2)cnc(N)c1-c1ccc(O)cc1. The Bertz CT molecular complexity index is 2720. The average Bonchev–Trinajstić information content (AvgIpc) is 3.97. The second kappa shape index (κ2) is 22.8. The Morgan fingerprint density at radius 2 is 1.52 bits per heavy atom. The maximum Gasteiger partial charge on any atom is 0.269 e. The summed E-state index contributed by atoms with van der Waals surface area (Å²) < 4.78 is 1.77. The number of unbranched alkanes of at least 4 members (excludes halogenated alkanes) is 5. The van der Waals surface area contributed by atoms with Gasteiger partial charge in [-0.25, -0.2) is 4.98 Å². The number of rotatable bonds is 21. The number of phenols is 1. The largest absolute Gasteiger partial charge is 0.508 e. The number of H-pyrrole nitrogens is 1. The number of aromatic amines is 1. The van der Waals surface area contributed by atoms with Gasteiger partial charge in [0.1, 0.15) is 23.9 Å². The minimum atomic E-state index is -0.548. The molecule has 352 valence electrons. The van der Waals surface area contributed by atoms with Crippen LogP contribution in [0.4, 0.5) is 5.82 Å². The summed E-state index contributed by atoms with van der Waals surface area (Å²) in [5, 5.41) is 34.2. The van der Waals surface area contributed by atoms with E-state index in [9.17, 15) is 29.4 Å². The average molecular weight is 952 g/mol. The number of phenolic OH excluding ortho intramolecular Hbond substituents is 1. The zero-order valence-electron chi connectivity index (χ0n) is 37.5. The van der Waals surface area contributed by atoms with Crippen molar-refractivity contribution in [3.8, 4) is 39.3 Å². The molecule has 0 saturated heterocycles. The quantitative estimate of drug-likeness (QED) is 0.0366. The zero-order valence-corrected chi connectivity index (χ0v) is 39.0. The maximum absolute atomic E-state index is 12.8. The predicted molar refractivity (Wildman–Crippen MR) is 259 cm³/mol. The van der Waals surface area contributed by atoms with Crippen LogP contribution in [-0.2, 0) is 40.3 Å². The first-order valence-corrected chi connectivity index (χ1v) is 23.5. The molecule has 0 radical (unpaired) electrons. The lowest BCUT2D eigenvalue weighted by atomic mass is 9.92. The van der Waals surface area contributed by atoms with Gasteiger partial charge in [-0.1, -0.05) is 74.0 Å². The number of fused-ring (bicyclic) bond motifs is 3. The number of aliphatic hydroxyl groups excluding tert-OH is 1. The number of hydrogen-bond acceptors (Lipinski definition) is 10. The number of nitrogen functional groups attached to an aromatic ring is 1. The Labute approximate surface area is 398 Å². The van der Waals surface area contributed by atoms with Crippen molar-refractivity contribution in [2.24, 2.45) is 0 Å². The summed E-state index contributed by atoms with van der Waals surface area (Å²) in [6.07, 6.45) is 12.6. The number of halogens is 2. The number of amides is 4. The molecule has 67 heavy (non-hydrogen) atoms. The highest BCUT2D eigenvalue weighted by molar-refractivity contribution is 6.45. The van der Waals surface area contributed by atoms with Gasteiger partial charge in [0.05, 0.1) is 27.8 Å². The van der Waals surface area contributed by atoms with E-state index in [1.54, 1.807) is 58.4 Å². The molecular weight excluding hydrogens is 896 g/mol. The maximum atomic E-state index is 12.8. The third-order valence-electron chi connectivity index (χ3n) is 12.0. The van der Waals surface area contributed by atoms with Crippen LogP contribution in [0.25, 0.3) is 44.4 Å². The van der Waals surface area contributed by atoms with Crippen LogP contribution in [0, 0.1) is 0 Å². The van der Waals surface area contributed by atoms with Gasteiger partial charge in [-0.3, -0.25) is 28.8 Å². The molecule has 0 spiro atoms. The van der Waals surface area contributed by atoms with Crippen molar-refractivity contribution < 1.29 is 29.4 Å². The number of carbonyl (C=O) groups excluding carboxylic acids is 4. The van der Waals surface area contributed by atoms with Crippen molar-refractivity contribution in [3.05, 3.63) is 99.7 Å². The minimum absolute atomic E-state index is 0.0129. The lowest BCUT2D eigenvalue weighted by molar-refractivity contribution is -0.135. The van der Waals surface area contributed by atoms with Gasteiger partial charge in [0.25, 0.3) is 5.91 Å². The fourth-order valence-electron chi connectivity index (χ4n) is 8.54. The van der Waals surface area contributed by atoms with E-state index in [2.05, 4.69) is 30.9 Å². The number of nitrogens with one attached hydrogen (secondary N) is 4. The molecule has 2 aromatic carbocycles. The summed E-state index contributed by atoms with van der Waals surface area (Å²) >= 11 is 13.1. The molecule has 1 aliphatic rings. The van der Waals surface area contributed by atoms with Crippen LogP contribution in [0.1, 0.15) is 85.6 Å². The Morgan fingerprint density at radius 3 is 2.21 bits per heavy atom. The van der Waals surface area contributed by atoms with Gasteiger partial charge < -0.3 is 41.8 Å². The predicted octanol–water partition coefficient (Wildman–Crippen LogP) is 6.97. The number of pyridine rings is 2. The fraction of sp³-hybridized carbons (Fsp3) is 0.367. The van der Waals surface area contributed by atoms with Crippen LogP contribution in [0.5, 0.6) is 5.75 Å². The summed E-state index contributed by atoms with van der Waals surface area (Å²) in [5.41, 5.74) is 14.9. The third kappa shape index (κ3) is 11.9. The third-order valence-corrected chi connectivity index (χ3v) is 12.8. The number of anilines is 1. The first kappa shape index (κ1) is 48.4. The van der Waals surface area contributed by atoms with E-state index in [0.29, 0.717) is 85.5 Å². The molecule has 0 unspecified atom stereocenters. The number of carbonyl (C=O) groups is 4. The van der Waals surface area contributed by atoms with Crippen molar-refractivity contribution >= 4 is 63.6 Å². The molecule has 5 heterocycles. The van der Waals surface area contributed by atoms with Crippen LogP contribution in [-0.4, -0.2) is 96.3 Å². The van der Waals surface area contributed by atoms with Crippen molar-refractivity contribution in [3.63, 3.8) is 0 Å². The first-order valence-electron chi connectivity index (χ1n) is 22.7. The number of aliphatic hydroxyl groups is 1. The molecule has 4 aromatic heterocycles. The van der Waals surface area contributed by atoms with E-state index in [-0.39, 0.29) is 41.6 Å². The summed E-state index contributed by atoms with van der Waals surface area (Å²) in [4.78, 5) is 63.8. The zero-order chi connectivity index (χ0) is 47.5. The Balaban J connectivity index is 0.743. The molecule has 16 nitrogen and oxygen atoms in total. The van der Waals surface area contributed by atoms with Crippen molar-refractivity contribution in [1.29, 1.82) is 0 Å². The Kier molecular flexibility index (Phi) is 16.5. The Hall–Kier alpha value is -6.49. The summed E-state index contributed by atoms with van der Waals surface area (Å²) in [6.45, 7) is 3.79. The monoisotopic (exact) mass is 950 g/mol. The molecule has 6 aromatic rings. The van der Waals surface area contributed by atoms with Crippen LogP contribution < -0.4 is 21.7 Å². The molecule has 4 amide bonds. The van der Waals surface area contributed by atoms with E-state index < -0.39 is 6.61 Å². The van der Waals surface area contributed by atoms with Gasteiger partial charge in [-0.15, -0.1) is 0 Å². The van der Waals surface area contributed by atoms with Gasteiger partial charge in [0.15, 0.2) is 0 Å². The number of hydrogen-bond donors (Lipinski definition) is 7. The molecule has 18 heteroatoms. The number of nitrogens with two attached hydrogens (primary N) is 1. The molecule has 0 bridgehead atoms. The molecule has 1 aliphatic heterocycles. The molecule has 7 rings (SSSR count). The highest BCUT2D eigenvalue weighted by Gasteiger charge is 2.27. The lowest BCUT2D eigenvalue weighted by Gasteiger charge is -2.26. The van der Waals surface area contributed by atoms with Crippen LogP contribution >= 0.6 is 23.2 Å². The molecule has 8 N–H and O–H groups in total. The number of nitrogens with zero attached hydrogens (tertiary/aromatic N) is 5. The van der Waals surface area contributed by atoms with Crippen LogP contribution in [0.3, 0.4) is 0 Å². The van der Waals surface area contributed by atoms with Gasteiger partial charge >= 0.3 is 0 Å². The van der Waals surface area contributed by atoms with E-state index >= 15 is 0 Å². The molecule has 0 atom stereocenters. The van der Waals surface area contributed by atoms with Gasteiger partial charge in [-0.05, 0) is 60.7 Å². The number of benzene rings is 2. The van der Waals surface area contributed by atoms with Gasteiger partial charge in [-0.2, -0.15) is 5.10 Å². The number of aromatic hydroxyl groups is 1. The topological polar surface area (TPSA) is 233 Å². The second-order valence-electron chi connectivity index (χ2n) is 16.6. The van der Waals surface area contributed by atoms with E-state index in [1.165, 1.54) is 0 Å². The summed E-state index contributed by atoms with van der Waals surface area (Å²) in [7, 11) is 0. The van der Waals surface area contributed by atoms with E-state index in [4.69, 9.17) is 34.0 Å². The summed E-state index contributed by atoms with van der Waals surface area (Å²) in [5.74, 6) is -0.193. The molecule has 0 aliphatic carbocycles. The van der Waals surface area contributed by atoms with E-state index in [0.717, 1.165) is 88.5 Å². The van der Waals surface area contributed by atoms with Crippen molar-refractivity contribution in [2.75, 3.05) is 38.5 Å². The van der Waals surface area contributed by atoms with Gasteiger partial charge in [0, 0.05) is 109 Å². The van der Waals surface area contributed by atoms with Crippen LogP contribution in [0.2, 0.25) is 10.0 Å². The first-order chi connectivity index (χ1) is 32.4. The van der Waals surface area contributed by atoms with Gasteiger partial charge in [0.2, 0.25) is 17.7 Å². The Morgan fingerprint density at radius 1 is 0.836 bits per heavy atom.